The standard InChI is InChI=1S/C23H19ClN6O3/c24-15-3-1-2-14(8-15)21-20(22(26)31)17-10-29(18-11-33-12-19(18)30(17)28-21)23(32)27-16-6-4-13(9-25)5-7-16/h1-8,18-19H,10-12H2,(H2,26,31)(H,27,32). The highest BCUT2D eigenvalue weighted by Gasteiger charge is 2.44. The van der Waals surface area contributed by atoms with Gasteiger partial charge in [-0.05, 0) is 36.4 Å². The zero-order valence-electron chi connectivity index (χ0n) is 17.4. The van der Waals surface area contributed by atoms with Crippen LogP contribution in [0.5, 0.6) is 0 Å². The fourth-order valence-electron chi connectivity index (χ4n) is 4.38. The first-order valence-electron chi connectivity index (χ1n) is 10.3. The van der Waals surface area contributed by atoms with Gasteiger partial charge in [0.15, 0.2) is 0 Å². The van der Waals surface area contributed by atoms with Crippen molar-refractivity contribution in [1.29, 1.82) is 5.26 Å². The van der Waals surface area contributed by atoms with Crippen LogP contribution in [0.25, 0.3) is 11.3 Å². The summed E-state index contributed by atoms with van der Waals surface area (Å²) in [6.45, 7) is 0.842. The molecule has 10 heteroatoms. The molecule has 0 spiro atoms. The molecule has 0 bridgehead atoms. The fourth-order valence-corrected chi connectivity index (χ4v) is 4.57. The van der Waals surface area contributed by atoms with Gasteiger partial charge in [-0.15, -0.1) is 0 Å². The lowest BCUT2D eigenvalue weighted by Crippen LogP contribution is -2.50. The maximum atomic E-state index is 13.2. The lowest BCUT2D eigenvalue weighted by molar-refractivity contribution is 0.0993. The molecular weight excluding hydrogens is 444 g/mol. The van der Waals surface area contributed by atoms with Gasteiger partial charge in [0.25, 0.3) is 5.91 Å². The second kappa shape index (κ2) is 8.24. The predicted molar refractivity (Wildman–Crippen MR) is 121 cm³/mol. The number of halogens is 1. The van der Waals surface area contributed by atoms with E-state index in [0.717, 1.165) is 0 Å². The summed E-state index contributed by atoms with van der Waals surface area (Å²) >= 11 is 6.15. The molecule has 2 aliphatic rings. The van der Waals surface area contributed by atoms with E-state index in [1.165, 1.54) is 0 Å². The number of nitrogens with one attached hydrogen (secondary N) is 1. The molecule has 2 atom stereocenters. The highest BCUT2D eigenvalue weighted by atomic mass is 35.5. The molecule has 3 heterocycles. The number of carbonyl (C=O) groups excluding carboxylic acids is 2. The molecule has 1 aromatic heterocycles. The van der Waals surface area contributed by atoms with Gasteiger partial charge in [0.2, 0.25) is 0 Å². The Morgan fingerprint density at radius 2 is 1.94 bits per heavy atom. The van der Waals surface area contributed by atoms with Crippen LogP contribution < -0.4 is 11.1 Å². The van der Waals surface area contributed by atoms with Crippen LogP contribution in [0, 0.1) is 11.3 Å². The lowest BCUT2D eigenvalue weighted by Gasteiger charge is -2.37. The van der Waals surface area contributed by atoms with Gasteiger partial charge < -0.3 is 20.7 Å². The molecule has 2 aliphatic heterocycles. The van der Waals surface area contributed by atoms with E-state index >= 15 is 0 Å². The number of nitrogens with two attached hydrogens (primary N) is 1. The van der Waals surface area contributed by atoms with Crippen molar-refractivity contribution in [1.82, 2.24) is 14.7 Å². The van der Waals surface area contributed by atoms with Crippen LogP contribution in [0.4, 0.5) is 10.5 Å². The average Bonchev–Trinajstić information content (AvgIpc) is 3.43. The highest BCUT2D eigenvalue weighted by molar-refractivity contribution is 6.30. The molecule has 0 aliphatic carbocycles. The first kappa shape index (κ1) is 21.0. The largest absolute Gasteiger partial charge is 0.377 e. The van der Waals surface area contributed by atoms with E-state index in [-0.39, 0.29) is 30.2 Å². The van der Waals surface area contributed by atoms with Crippen LogP contribution in [-0.4, -0.2) is 45.9 Å². The van der Waals surface area contributed by atoms with Crippen molar-refractivity contribution in [2.75, 3.05) is 18.5 Å². The van der Waals surface area contributed by atoms with Crippen LogP contribution in [0.2, 0.25) is 5.02 Å². The number of aromatic nitrogens is 2. The summed E-state index contributed by atoms with van der Waals surface area (Å²) < 4.78 is 7.45. The fraction of sp³-hybridized carbons (Fsp3) is 0.217. The van der Waals surface area contributed by atoms with Gasteiger partial charge in [0.05, 0.1) is 54.7 Å². The number of urea groups is 1. The minimum Gasteiger partial charge on any atom is -0.377 e. The number of anilines is 1. The maximum absolute atomic E-state index is 13.2. The van der Waals surface area contributed by atoms with E-state index in [4.69, 9.17) is 32.4 Å². The number of hydrogen-bond acceptors (Lipinski definition) is 5. The third-order valence-corrected chi connectivity index (χ3v) is 6.17. The predicted octanol–water partition coefficient (Wildman–Crippen LogP) is 3.16. The zero-order chi connectivity index (χ0) is 23.1. The first-order valence-corrected chi connectivity index (χ1v) is 10.7. The van der Waals surface area contributed by atoms with E-state index in [1.807, 2.05) is 12.1 Å². The van der Waals surface area contributed by atoms with Gasteiger partial charge in [-0.25, -0.2) is 4.79 Å². The van der Waals surface area contributed by atoms with Crippen molar-refractivity contribution in [2.24, 2.45) is 5.73 Å². The number of primary amides is 1. The van der Waals surface area contributed by atoms with Crippen LogP contribution >= 0.6 is 11.6 Å². The zero-order valence-corrected chi connectivity index (χ0v) is 18.1. The van der Waals surface area contributed by atoms with Crippen molar-refractivity contribution in [3.63, 3.8) is 0 Å². The molecule has 3 amide bonds. The third kappa shape index (κ3) is 3.69. The monoisotopic (exact) mass is 462 g/mol. The second-order valence-corrected chi connectivity index (χ2v) is 8.35. The summed E-state index contributed by atoms with van der Waals surface area (Å²) in [5.41, 5.74) is 8.74. The van der Waals surface area contributed by atoms with Gasteiger partial charge in [0, 0.05) is 16.3 Å². The second-order valence-electron chi connectivity index (χ2n) is 7.91. The summed E-state index contributed by atoms with van der Waals surface area (Å²) in [6.07, 6.45) is 0. The first-order chi connectivity index (χ1) is 16.0. The Bertz CT molecular complexity index is 1300. The molecule has 0 saturated carbocycles. The normalized spacial score (nSPS) is 18.8. The van der Waals surface area contributed by atoms with E-state index in [2.05, 4.69) is 5.32 Å². The van der Waals surface area contributed by atoms with Crippen molar-refractivity contribution >= 4 is 29.2 Å². The number of benzene rings is 2. The van der Waals surface area contributed by atoms with Crippen molar-refractivity contribution < 1.29 is 14.3 Å². The van der Waals surface area contributed by atoms with Crippen LogP contribution in [0.3, 0.4) is 0 Å². The van der Waals surface area contributed by atoms with Gasteiger partial charge in [-0.1, -0.05) is 23.7 Å². The lowest BCUT2D eigenvalue weighted by atomic mass is 10.0. The Morgan fingerprint density at radius 1 is 1.18 bits per heavy atom. The molecular formula is C23H19ClN6O3. The smallest absolute Gasteiger partial charge is 0.322 e. The molecule has 33 heavy (non-hydrogen) atoms. The van der Waals surface area contributed by atoms with E-state index < -0.39 is 5.91 Å². The molecule has 2 unspecified atom stereocenters. The number of rotatable bonds is 3. The number of carbonyl (C=O) groups is 2. The van der Waals surface area contributed by atoms with Crippen molar-refractivity contribution in [2.45, 2.75) is 18.6 Å². The minimum absolute atomic E-state index is 0.137. The van der Waals surface area contributed by atoms with E-state index in [1.54, 1.807) is 52.0 Å². The minimum atomic E-state index is -0.629. The Kier molecular flexibility index (Phi) is 5.24. The summed E-state index contributed by atoms with van der Waals surface area (Å²) in [7, 11) is 0. The number of nitrogens with zero attached hydrogens (tertiary/aromatic N) is 4. The van der Waals surface area contributed by atoms with Gasteiger partial charge in [-0.3, -0.25) is 9.48 Å². The number of fused-ring (bicyclic) bond motifs is 3. The summed E-state index contributed by atoms with van der Waals surface area (Å²) in [5.74, 6) is -0.629. The Balaban J connectivity index is 1.52. The Labute approximate surface area is 194 Å². The molecule has 166 valence electrons. The number of ether oxygens (including phenoxy) is 1. The number of amides is 3. The molecule has 3 N–H and O–H groups in total. The SMILES string of the molecule is N#Cc1ccc(NC(=O)N2Cc3c(C(N)=O)c(-c4cccc(Cl)c4)nn3C3COCC32)cc1. The molecule has 9 nitrogen and oxygen atoms in total. The molecule has 5 rings (SSSR count). The topological polar surface area (TPSA) is 126 Å². The Morgan fingerprint density at radius 3 is 2.64 bits per heavy atom. The summed E-state index contributed by atoms with van der Waals surface area (Å²) in [4.78, 5) is 27.3. The number of hydrogen-bond donors (Lipinski definition) is 2. The maximum Gasteiger partial charge on any atom is 0.322 e. The van der Waals surface area contributed by atoms with Gasteiger partial charge in [0.1, 0.15) is 5.69 Å². The quantitative estimate of drug-likeness (QED) is 0.618. The van der Waals surface area contributed by atoms with Crippen LogP contribution in [-0.2, 0) is 11.3 Å². The van der Waals surface area contributed by atoms with Gasteiger partial charge >= 0.3 is 6.03 Å². The summed E-state index contributed by atoms with van der Waals surface area (Å²) in [6, 6.07) is 14.8. The van der Waals surface area contributed by atoms with Gasteiger partial charge in [-0.2, -0.15) is 10.4 Å². The Hall–Kier alpha value is -3.87. The molecule has 1 saturated heterocycles. The third-order valence-electron chi connectivity index (χ3n) is 5.94. The van der Waals surface area contributed by atoms with Crippen LogP contribution in [0.1, 0.15) is 27.7 Å². The molecule has 0 radical (unpaired) electrons. The van der Waals surface area contributed by atoms with E-state index in [9.17, 15) is 9.59 Å². The molecule has 2 aromatic carbocycles. The summed E-state index contributed by atoms with van der Waals surface area (Å²) in [5, 5.41) is 17.1. The van der Waals surface area contributed by atoms with Crippen molar-refractivity contribution in [3.8, 4) is 17.3 Å². The number of nitriles is 1. The molecule has 1 fully saturated rings. The molecule has 3 aromatic rings. The highest BCUT2D eigenvalue weighted by Crippen LogP contribution is 2.37. The van der Waals surface area contributed by atoms with Crippen LogP contribution in [0.15, 0.2) is 48.5 Å². The van der Waals surface area contributed by atoms with E-state index in [0.29, 0.717) is 46.4 Å². The van der Waals surface area contributed by atoms with Crippen molar-refractivity contribution in [3.05, 3.63) is 70.4 Å². The average molecular weight is 463 g/mol.